The number of hydrogen-bond acceptors (Lipinski definition) is 3. The molecule has 1 aromatic carbocycles. The molecular formula is C15H18BrN3O. The third kappa shape index (κ3) is 3.54. The van der Waals surface area contributed by atoms with Crippen LogP contribution in [0.4, 0.5) is 0 Å². The fourth-order valence-electron chi connectivity index (χ4n) is 2.11. The van der Waals surface area contributed by atoms with Crippen LogP contribution in [-0.2, 0) is 0 Å². The number of carbonyl (C=O) groups excluding carboxylic acids is 1. The summed E-state index contributed by atoms with van der Waals surface area (Å²) in [5, 5.41) is 3.96. The molecule has 1 N–H and O–H groups in total. The number of rotatable bonds is 6. The summed E-state index contributed by atoms with van der Waals surface area (Å²) >= 11 is 3.44. The van der Waals surface area contributed by atoms with Gasteiger partial charge in [0.05, 0.1) is 11.1 Å². The lowest BCUT2D eigenvalue weighted by Gasteiger charge is -2.14. The highest BCUT2D eigenvalue weighted by Gasteiger charge is 2.13. The molecule has 0 saturated heterocycles. The number of carbonyl (C=O) groups is 1. The Balaban J connectivity index is 2.11. The van der Waals surface area contributed by atoms with E-state index in [9.17, 15) is 4.79 Å². The van der Waals surface area contributed by atoms with Crippen molar-refractivity contribution >= 4 is 32.9 Å². The van der Waals surface area contributed by atoms with Crippen LogP contribution < -0.4 is 5.32 Å². The van der Waals surface area contributed by atoms with E-state index in [1.54, 1.807) is 18.5 Å². The minimum Gasteiger partial charge on any atom is -0.352 e. The Bertz CT molecular complexity index is 583. The maximum Gasteiger partial charge on any atom is 0.253 e. The Labute approximate surface area is 127 Å². The second-order valence-corrected chi connectivity index (χ2v) is 5.48. The molecule has 0 radical (unpaired) electrons. The van der Waals surface area contributed by atoms with Crippen molar-refractivity contribution in [1.29, 1.82) is 0 Å². The summed E-state index contributed by atoms with van der Waals surface area (Å²) in [5.41, 5.74) is 1.98. The molecule has 1 unspecified atom stereocenters. The number of fused-ring (bicyclic) bond motifs is 1. The topological polar surface area (TPSA) is 54.9 Å². The van der Waals surface area contributed by atoms with Crippen molar-refractivity contribution in [2.45, 2.75) is 19.8 Å². The maximum absolute atomic E-state index is 12.3. The van der Waals surface area contributed by atoms with Crippen molar-refractivity contribution in [3.05, 3.63) is 36.2 Å². The molecule has 5 heteroatoms. The summed E-state index contributed by atoms with van der Waals surface area (Å²) < 4.78 is 0. The predicted octanol–water partition coefficient (Wildman–Crippen LogP) is 3.17. The monoisotopic (exact) mass is 335 g/mol. The van der Waals surface area contributed by atoms with Gasteiger partial charge in [0.2, 0.25) is 0 Å². The molecule has 0 aliphatic rings. The molecule has 106 valence electrons. The van der Waals surface area contributed by atoms with Gasteiger partial charge in [0.1, 0.15) is 5.52 Å². The first-order valence-corrected chi connectivity index (χ1v) is 7.92. The molecule has 0 spiro atoms. The van der Waals surface area contributed by atoms with E-state index in [1.165, 1.54) is 0 Å². The van der Waals surface area contributed by atoms with Crippen LogP contribution in [0.5, 0.6) is 0 Å². The molecule has 2 rings (SSSR count). The number of hydrogen-bond donors (Lipinski definition) is 1. The molecule has 1 aromatic heterocycles. The summed E-state index contributed by atoms with van der Waals surface area (Å²) in [5.74, 6) is 0.420. The number of nitrogens with one attached hydrogen (secondary N) is 1. The largest absolute Gasteiger partial charge is 0.352 e. The Morgan fingerprint density at radius 1 is 1.35 bits per heavy atom. The number of amides is 1. The minimum atomic E-state index is -0.0795. The number of para-hydroxylation sites is 1. The Kier molecular flexibility index (Phi) is 5.47. The lowest BCUT2D eigenvalue weighted by atomic mass is 10.0. The summed E-state index contributed by atoms with van der Waals surface area (Å²) in [6.07, 6.45) is 5.36. The summed E-state index contributed by atoms with van der Waals surface area (Å²) in [6.45, 7) is 2.83. The van der Waals surface area contributed by atoms with Gasteiger partial charge in [0.25, 0.3) is 5.91 Å². The van der Waals surface area contributed by atoms with Gasteiger partial charge in [-0.1, -0.05) is 35.3 Å². The molecule has 1 amide bonds. The Morgan fingerprint density at radius 2 is 2.15 bits per heavy atom. The maximum atomic E-state index is 12.3. The van der Waals surface area contributed by atoms with Gasteiger partial charge in [-0.3, -0.25) is 14.8 Å². The van der Waals surface area contributed by atoms with Crippen molar-refractivity contribution in [2.24, 2.45) is 5.92 Å². The van der Waals surface area contributed by atoms with E-state index in [2.05, 4.69) is 38.1 Å². The van der Waals surface area contributed by atoms with E-state index in [1.807, 2.05) is 12.1 Å². The zero-order valence-electron chi connectivity index (χ0n) is 11.5. The van der Waals surface area contributed by atoms with Gasteiger partial charge in [-0.25, -0.2) is 0 Å². The average molecular weight is 336 g/mol. The van der Waals surface area contributed by atoms with Crippen LogP contribution in [-0.4, -0.2) is 27.7 Å². The van der Waals surface area contributed by atoms with Gasteiger partial charge < -0.3 is 5.32 Å². The summed E-state index contributed by atoms with van der Waals surface area (Å²) in [6, 6.07) is 5.48. The van der Waals surface area contributed by atoms with Crippen LogP contribution in [0.25, 0.3) is 11.0 Å². The molecule has 0 bridgehead atoms. The molecule has 20 heavy (non-hydrogen) atoms. The summed E-state index contributed by atoms with van der Waals surface area (Å²) in [4.78, 5) is 20.8. The lowest BCUT2D eigenvalue weighted by molar-refractivity contribution is 0.0948. The first kappa shape index (κ1) is 14.9. The SMILES string of the molecule is CCC(CCBr)CNC(=O)c1cccc2nccnc12. The molecular weight excluding hydrogens is 318 g/mol. The van der Waals surface area contributed by atoms with E-state index in [0.29, 0.717) is 23.5 Å². The molecule has 4 nitrogen and oxygen atoms in total. The molecule has 0 saturated carbocycles. The fourth-order valence-corrected chi connectivity index (χ4v) is 2.76. The van der Waals surface area contributed by atoms with Crippen molar-refractivity contribution < 1.29 is 4.79 Å². The molecule has 0 aliphatic carbocycles. The average Bonchev–Trinajstić information content (AvgIpc) is 2.50. The highest BCUT2D eigenvalue weighted by molar-refractivity contribution is 9.09. The number of nitrogens with zero attached hydrogens (tertiary/aromatic N) is 2. The van der Waals surface area contributed by atoms with E-state index < -0.39 is 0 Å². The van der Waals surface area contributed by atoms with E-state index in [4.69, 9.17) is 0 Å². The second kappa shape index (κ2) is 7.33. The van der Waals surface area contributed by atoms with E-state index in [0.717, 1.165) is 23.7 Å². The van der Waals surface area contributed by atoms with Gasteiger partial charge in [-0.15, -0.1) is 0 Å². The van der Waals surface area contributed by atoms with Crippen LogP contribution in [0.15, 0.2) is 30.6 Å². The van der Waals surface area contributed by atoms with Crippen LogP contribution in [0.1, 0.15) is 30.1 Å². The Morgan fingerprint density at radius 3 is 2.90 bits per heavy atom. The lowest BCUT2D eigenvalue weighted by Crippen LogP contribution is -2.29. The number of benzene rings is 1. The van der Waals surface area contributed by atoms with Crippen molar-refractivity contribution in [1.82, 2.24) is 15.3 Å². The smallest absolute Gasteiger partial charge is 0.253 e. The minimum absolute atomic E-state index is 0.0795. The molecule has 0 aliphatic heterocycles. The Hall–Kier alpha value is -1.49. The number of aromatic nitrogens is 2. The van der Waals surface area contributed by atoms with Crippen molar-refractivity contribution in [3.63, 3.8) is 0 Å². The van der Waals surface area contributed by atoms with Crippen LogP contribution in [0, 0.1) is 5.92 Å². The van der Waals surface area contributed by atoms with Gasteiger partial charge in [0, 0.05) is 24.3 Å². The van der Waals surface area contributed by atoms with Crippen molar-refractivity contribution in [2.75, 3.05) is 11.9 Å². The highest BCUT2D eigenvalue weighted by atomic mass is 79.9. The fraction of sp³-hybridized carbons (Fsp3) is 0.400. The zero-order valence-corrected chi connectivity index (χ0v) is 13.1. The molecule has 1 heterocycles. The van der Waals surface area contributed by atoms with E-state index >= 15 is 0 Å². The van der Waals surface area contributed by atoms with E-state index in [-0.39, 0.29) is 5.91 Å². The first-order chi connectivity index (χ1) is 9.76. The van der Waals surface area contributed by atoms with Gasteiger partial charge in [0.15, 0.2) is 0 Å². The van der Waals surface area contributed by atoms with Gasteiger partial charge >= 0.3 is 0 Å². The molecule has 0 fully saturated rings. The zero-order chi connectivity index (χ0) is 14.4. The number of halogens is 1. The third-order valence-electron chi connectivity index (χ3n) is 3.39. The van der Waals surface area contributed by atoms with Crippen LogP contribution >= 0.6 is 15.9 Å². The third-order valence-corrected chi connectivity index (χ3v) is 3.85. The quantitative estimate of drug-likeness (QED) is 0.825. The summed E-state index contributed by atoms with van der Waals surface area (Å²) in [7, 11) is 0. The predicted molar refractivity (Wildman–Crippen MR) is 84.1 cm³/mol. The van der Waals surface area contributed by atoms with Gasteiger partial charge in [-0.2, -0.15) is 0 Å². The second-order valence-electron chi connectivity index (χ2n) is 4.69. The standard InChI is InChI=1S/C15H18BrN3O/c1-2-11(6-7-16)10-19-15(20)12-4-3-5-13-14(12)18-9-8-17-13/h3-5,8-9,11H,2,6-7,10H2,1H3,(H,19,20). The van der Waals surface area contributed by atoms with Crippen molar-refractivity contribution in [3.8, 4) is 0 Å². The van der Waals surface area contributed by atoms with Gasteiger partial charge in [-0.05, 0) is 24.5 Å². The molecule has 2 aromatic rings. The normalized spacial score (nSPS) is 12.3. The highest BCUT2D eigenvalue weighted by Crippen LogP contribution is 2.14. The van der Waals surface area contributed by atoms with Crippen LogP contribution in [0.2, 0.25) is 0 Å². The number of alkyl halides is 1. The van der Waals surface area contributed by atoms with Crippen LogP contribution in [0.3, 0.4) is 0 Å². The first-order valence-electron chi connectivity index (χ1n) is 6.80. The molecule has 1 atom stereocenters.